The lowest BCUT2D eigenvalue weighted by Gasteiger charge is -2.19. The Kier molecular flexibility index (Phi) is 6.89. The predicted molar refractivity (Wildman–Crippen MR) is 94.8 cm³/mol. The number of hydrogen-bond acceptors (Lipinski definition) is 4. The maximum atomic E-state index is 12.2. The smallest absolute Gasteiger partial charge is 0.286 e. The molecule has 0 fully saturated rings. The van der Waals surface area contributed by atoms with E-state index in [2.05, 4.69) is 5.32 Å². The van der Waals surface area contributed by atoms with Crippen molar-refractivity contribution < 1.29 is 18.7 Å². The molecule has 1 aromatic carbocycles. The Morgan fingerprint density at radius 3 is 2.80 bits per heavy atom. The number of carbonyl (C=O) groups excluding carboxylic acids is 2. The molecule has 0 spiro atoms. The van der Waals surface area contributed by atoms with Crippen molar-refractivity contribution in [3.63, 3.8) is 0 Å². The molecule has 134 valence electrons. The highest BCUT2D eigenvalue weighted by atomic mass is 35.5. The third-order valence-electron chi connectivity index (χ3n) is 3.67. The van der Waals surface area contributed by atoms with Gasteiger partial charge in [-0.25, -0.2) is 0 Å². The lowest BCUT2D eigenvalue weighted by molar-refractivity contribution is -0.130. The number of rotatable bonds is 8. The van der Waals surface area contributed by atoms with Crippen molar-refractivity contribution in [1.29, 1.82) is 0 Å². The van der Waals surface area contributed by atoms with Gasteiger partial charge in [-0.2, -0.15) is 0 Å². The lowest BCUT2D eigenvalue weighted by atomic mass is 10.1. The largest absolute Gasteiger partial charge is 0.496 e. The highest BCUT2D eigenvalue weighted by Crippen LogP contribution is 2.23. The molecule has 0 saturated carbocycles. The van der Waals surface area contributed by atoms with E-state index in [1.807, 2.05) is 0 Å². The normalized spacial score (nSPS) is 10.4. The molecule has 0 aliphatic carbocycles. The van der Waals surface area contributed by atoms with Gasteiger partial charge in [0.2, 0.25) is 5.91 Å². The van der Waals surface area contributed by atoms with Crippen LogP contribution < -0.4 is 10.1 Å². The highest BCUT2D eigenvalue weighted by Gasteiger charge is 2.13. The molecule has 6 nitrogen and oxygen atoms in total. The molecule has 0 bridgehead atoms. The highest BCUT2D eigenvalue weighted by molar-refractivity contribution is 6.30. The number of benzene rings is 1. The van der Waals surface area contributed by atoms with Crippen LogP contribution in [0.5, 0.6) is 5.75 Å². The Hall–Kier alpha value is -2.47. The number of methoxy groups -OCH3 is 1. The first-order chi connectivity index (χ1) is 12.0. The molecule has 2 amide bonds. The van der Waals surface area contributed by atoms with Crippen molar-refractivity contribution in [2.75, 3.05) is 20.7 Å². The number of amides is 2. The molecule has 25 heavy (non-hydrogen) atoms. The first kappa shape index (κ1) is 18.9. The summed E-state index contributed by atoms with van der Waals surface area (Å²) < 4.78 is 10.3. The predicted octanol–water partition coefficient (Wildman–Crippen LogP) is 3.11. The van der Waals surface area contributed by atoms with Crippen LogP contribution in [0.3, 0.4) is 0 Å². The third-order valence-corrected chi connectivity index (χ3v) is 3.91. The van der Waals surface area contributed by atoms with Crippen LogP contribution in [0, 0.1) is 0 Å². The van der Waals surface area contributed by atoms with Gasteiger partial charge in [0.15, 0.2) is 5.76 Å². The summed E-state index contributed by atoms with van der Waals surface area (Å²) in [5.74, 6) is 0.648. The minimum absolute atomic E-state index is 0.0192. The van der Waals surface area contributed by atoms with Crippen LogP contribution in [0.2, 0.25) is 5.02 Å². The quantitative estimate of drug-likeness (QED) is 0.730. The van der Waals surface area contributed by atoms with Gasteiger partial charge in [-0.1, -0.05) is 11.6 Å². The molecule has 2 aromatic rings. The number of furan rings is 1. The standard InChI is InChI=1S/C18H21ClN2O4/c1-21(12-13-11-14(19)7-8-15(13)24-2)17(22)6-3-9-20-18(23)16-5-4-10-25-16/h4-5,7-8,10-11H,3,6,9,12H2,1-2H3,(H,20,23). The summed E-state index contributed by atoms with van der Waals surface area (Å²) in [5.41, 5.74) is 0.844. The number of ether oxygens (including phenoxy) is 1. The van der Waals surface area contributed by atoms with Crippen molar-refractivity contribution in [1.82, 2.24) is 10.2 Å². The number of nitrogens with one attached hydrogen (secondary N) is 1. The van der Waals surface area contributed by atoms with E-state index >= 15 is 0 Å². The van der Waals surface area contributed by atoms with E-state index in [0.717, 1.165) is 5.56 Å². The van der Waals surface area contributed by atoms with Crippen LogP contribution in [0.25, 0.3) is 0 Å². The molecule has 0 radical (unpaired) electrons. The fraction of sp³-hybridized carbons (Fsp3) is 0.333. The van der Waals surface area contributed by atoms with E-state index in [0.29, 0.717) is 36.7 Å². The van der Waals surface area contributed by atoms with Gasteiger partial charge in [0, 0.05) is 37.1 Å². The Morgan fingerprint density at radius 1 is 1.32 bits per heavy atom. The van der Waals surface area contributed by atoms with E-state index in [4.69, 9.17) is 20.8 Å². The average molecular weight is 365 g/mol. The second-order valence-corrected chi connectivity index (χ2v) is 5.98. The van der Waals surface area contributed by atoms with Crippen LogP contribution >= 0.6 is 11.6 Å². The zero-order chi connectivity index (χ0) is 18.2. The average Bonchev–Trinajstić information content (AvgIpc) is 3.13. The number of nitrogens with zero attached hydrogens (tertiary/aromatic N) is 1. The third kappa shape index (κ3) is 5.53. The maximum absolute atomic E-state index is 12.2. The molecule has 1 aromatic heterocycles. The molecule has 1 N–H and O–H groups in total. The van der Waals surface area contributed by atoms with Gasteiger partial charge in [0.05, 0.1) is 13.4 Å². The summed E-state index contributed by atoms with van der Waals surface area (Å²) in [6, 6.07) is 8.55. The Bertz CT molecular complexity index is 716. The van der Waals surface area contributed by atoms with Gasteiger partial charge < -0.3 is 19.4 Å². The van der Waals surface area contributed by atoms with Crippen molar-refractivity contribution in [3.05, 3.63) is 52.9 Å². The monoisotopic (exact) mass is 364 g/mol. The molecular weight excluding hydrogens is 344 g/mol. The molecule has 0 unspecified atom stereocenters. The van der Waals surface area contributed by atoms with Gasteiger partial charge in [-0.3, -0.25) is 9.59 Å². The molecular formula is C18H21ClN2O4. The Labute approximate surface area is 151 Å². The van der Waals surface area contributed by atoms with E-state index in [1.165, 1.54) is 6.26 Å². The first-order valence-electron chi connectivity index (χ1n) is 7.89. The fourth-order valence-corrected chi connectivity index (χ4v) is 2.54. The lowest BCUT2D eigenvalue weighted by Crippen LogP contribution is -2.28. The number of hydrogen-bond donors (Lipinski definition) is 1. The molecule has 7 heteroatoms. The SMILES string of the molecule is COc1ccc(Cl)cc1CN(C)C(=O)CCCNC(=O)c1ccco1. The first-order valence-corrected chi connectivity index (χ1v) is 8.27. The van der Waals surface area contributed by atoms with E-state index < -0.39 is 0 Å². The summed E-state index contributed by atoms with van der Waals surface area (Å²) in [7, 11) is 3.31. The van der Waals surface area contributed by atoms with Gasteiger partial charge in [-0.15, -0.1) is 0 Å². The van der Waals surface area contributed by atoms with Crippen LogP contribution in [-0.4, -0.2) is 37.4 Å². The van der Waals surface area contributed by atoms with Crippen molar-refractivity contribution in [3.8, 4) is 5.75 Å². The molecule has 0 aliphatic rings. The van der Waals surface area contributed by atoms with Crippen LogP contribution in [0.15, 0.2) is 41.0 Å². The summed E-state index contributed by atoms with van der Waals surface area (Å²) in [5, 5.41) is 3.31. The Morgan fingerprint density at radius 2 is 2.12 bits per heavy atom. The number of carbonyl (C=O) groups is 2. The van der Waals surface area contributed by atoms with Crippen molar-refractivity contribution in [2.45, 2.75) is 19.4 Å². The minimum Gasteiger partial charge on any atom is -0.496 e. The molecule has 2 rings (SSSR count). The fourth-order valence-electron chi connectivity index (χ4n) is 2.34. The Balaban J connectivity index is 1.77. The summed E-state index contributed by atoms with van der Waals surface area (Å²) in [4.78, 5) is 25.5. The van der Waals surface area contributed by atoms with Gasteiger partial charge >= 0.3 is 0 Å². The molecule has 0 saturated heterocycles. The minimum atomic E-state index is -0.283. The molecule has 0 atom stereocenters. The van der Waals surface area contributed by atoms with Gasteiger partial charge in [0.1, 0.15) is 5.75 Å². The van der Waals surface area contributed by atoms with Crippen LogP contribution in [-0.2, 0) is 11.3 Å². The van der Waals surface area contributed by atoms with Crippen molar-refractivity contribution in [2.24, 2.45) is 0 Å². The zero-order valence-electron chi connectivity index (χ0n) is 14.3. The molecule has 0 aliphatic heterocycles. The second kappa shape index (κ2) is 9.13. The summed E-state index contributed by atoms with van der Waals surface area (Å²) >= 11 is 6.00. The van der Waals surface area contributed by atoms with E-state index in [1.54, 1.807) is 49.4 Å². The second-order valence-electron chi connectivity index (χ2n) is 5.54. The van der Waals surface area contributed by atoms with Crippen LogP contribution in [0.4, 0.5) is 0 Å². The van der Waals surface area contributed by atoms with E-state index in [9.17, 15) is 9.59 Å². The zero-order valence-corrected chi connectivity index (χ0v) is 15.0. The van der Waals surface area contributed by atoms with Gasteiger partial charge in [-0.05, 0) is 36.8 Å². The number of halogens is 1. The van der Waals surface area contributed by atoms with Crippen LogP contribution in [0.1, 0.15) is 29.0 Å². The van der Waals surface area contributed by atoms with Crippen molar-refractivity contribution >= 4 is 23.4 Å². The topological polar surface area (TPSA) is 71.8 Å². The van der Waals surface area contributed by atoms with E-state index in [-0.39, 0.29) is 17.6 Å². The summed E-state index contributed by atoms with van der Waals surface area (Å²) in [6.07, 6.45) is 2.32. The van der Waals surface area contributed by atoms with Gasteiger partial charge in [0.25, 0.3) is 5.91 Å². The maximum Gasteiger partial charge on any atom is 0.286 e. The molecule has 1 heterocycles. The summed E-state index contributed by atoms with van der Waals surface area (Å²) in [6.45, 7) is 0.806.